The molecule has 0 saturated heterocycles. The molecule has 0 aliphatic carbocycles. The molecule has 0 heterocycles. The van der Waals surface area contributed by atoms with Crippen LogP contribution in [0.25, 0.3) is 0 Å². The van der Waals surface area contributed by atoms with Gasteiger partial charge in [0, 0.05) is 21.8 Å². The normalized spacial score (nSPS) is 11.0. The van der Waals surface area contributed by atoms with Crippen LogP contribution in [-0.4, -0.2) is 25.1 Å². The monoisotopic (exact) mass is 328 g/mol. The van der Waals surface area contributed by atoms with Gasteiger partial charge in [-0.25, -0.2) is 0 Å². The summed E-state index contributed by atoms with van der Waals surface area (Å²) < 4.78 is 6.08. The molecule has 1 amide bonds. The summed E-state index contributed by atoms with van der Waals surface area (Å²) in [6.07, 6.45) is 0.892. The zero-order chi connectivity index (χ0) is 14.5. The van der Waals surface area contributed by atoms with E-state index in [4.69, 9.17) is 4.74 Å². The topological polar surface area (TPSA) is 50.4 Å². The van der Waals surface area contributed by atoms with Gasteiger partial charge in [0.15, 0.2) is 0 Å². The Bertz CT molecular complexity index is 447. The van der Waals surface area contributed by atoms with E-state index in [0.717, 1.165) is 22.3 Å². The van der Waals surface area contributed by atoms with E-state index in [2.05, 4.69) is 26.6 Å². The van der Waals surface area contributed by atoms with Crippen molar-refractivity contribution in [3.8, 4) is 5.75 Å². The largest absolute Gasteiger partial charge is 0.497 e. The number of anilines is 1. The van der Waals surface area contributed by atoms with Gasteiger partial charge < -0.3 is 15.4 Å². The molecule has 5 heteroatoms. The molecule has 106 valence electrons. The number of hydrogen-bond donors (Lipinski definition) is 2. The molecule has 1 aromatic rings. The zero-order valence-corrected chi connectivity index (χ0v) is 13.4. The van der Waals surface area contributed by atoms with Crippen molar-refractivity contribution in [3.63, 3.8) is 0 Å². The molecule has 0 aliphatic heterocycles. The minimum Gasteiger partial charge on any atom is -0.497 e. The number of carbonyl (C=O) groups is 1. The fraction of sp³-hybridized carbons (Fsp3) is 0.500. The van der Waals surface area contributed by atoms with E-state index in [1.54, 1.807) is 7.11 Å². The Morgan fingerprint density at radius 1 is 1.37 bits per heavy atom. The number of ether oxygens (including phenoxy) is 1. The number of rotatable bonds is 6. The van der Waals surface area contributed by atoms with E-state index in [1.807, 2.05) is 39.0 Å². The highest BCUT2D eigenvalue weighted by Crippen LogP contribution is 2.24. The summed E-state index contributed by atoms with van der Waals surface area (Å²) in [4.78, 5) is 11.8. The summed E-state index contributed by atoms with van der Waals surface area (Å²) in [7, 11) is 1.61. The third kappa shape index (κ3) is 5.51. The first-order chi connectivity index (χ1) is 8.86. The van der Waals surface area contributed by atoms with Crippen LogP contribution in [0.5, 0.6) is 5.75 Å². The van der Waals surface area contributed by atoms with Crippen LogP contribution in [0, 0.1) is 0 Å². The molecule has 0 unspecified atom stereocenters. The lowest BCUT2D eigenvalue weighted by Gasteiger charge is -2.24. The Hall–Kier alpha value is -1.23. The van der Waals surface area contributed by atoms with E-state index in [1.165, 1.54) is 0 Å². The van der Waals surface area contributed by atoms with Crippen molar-refractivity contribution < 1.29 is 9.53 Å². The standard InChI is InChI=1S/C14H21BrN2O2/c1-5-14(2,3)17-13(18)9-16-11-6-10(15)7-12(8-11)19-4/h6-8,16H,5,9H2,1-4H3,(H,17,18). The van der Waals surface area contributed by atoms with Crippen LogP contribution in [0.2, 0.25) is 0 Å². The molecule has 0 radical (unpaired) electrons. The van der Waals surface area contributed by atoms with E-state index < -0.39 is 0 Å². The van der Waals surface area contributed by atoms with Gasteiger partial charge in [-0.05, 0) is 32.4 Å². The van der Waals surface area contributed by atoms with Crippen molar-refractivity contribution in [2.45, 2.75) is 32.7 Å². The Morgan fingerprint density at radius 3 is 2.63 bits per heavy atom. The Morgan fingerprint density at radius 2 is 2.05 bits per heavy atom. The molecule has 0 fully saturated rings. The minimum absolute atomic E-state index is 0.0224. The van der Waals surface area contributed by atoms with E-state index >= 15 is 0 Å². The molecule has 1 rings (SSSR count). The highest BCUT2D eigenvalue weighted by Gasteiger charge is 2.17. The lowest BCUT2D eigenvalue weighted by Crippen LogP contribution is -2.45. The SMILES string of the molecule is CCC(C)(C)NC(=O)CNc1cc(Br)cc(OC)c1. The molecule has 4 nitrogen and oxygen atoms in total. The van der Waals surface area contributed by atoms with Crippen LogP contribution < -0.4 is 15.4 Å². The van der Waals surface area contributed by atoms with Crippen molar-refractivity contribution in [1.82, 2.24) is 5.32 Å². The Kier molecular flexibility index (Phi) is 5.66. The third-order valence-corrected chi connectivity index (χ3v) is 3.38. The van der Waals surface area contributed by atoms with Gasteiger partial charge in [0.25, 0.3) is 0 Å². The Labute approximate surface area is 123 Å². The summed E-state index contributed by atoms with van der Waals surface area (Å²) in [5, 5.41) is 6.06. The predicted octanol–water partition coefficient (Wildman–Crippen LogP) is 3.17. The maximum atomic E-state index is 11.8. The van der Waals surface area contributed by atoms with Crippen molar-refractivity contribution in [2.75, 3.05) is 19.0 Å². The van der Waals surface area contributed by atoms with Gasteiger partial charge in [-0.1, -0.05) is 22.9 Å². The van der Waals surface area contributed by atoms with Crippen molar-refractivity contribution in [3.05, 3.63) is 22.7 Å². The van der Waals surface area contributed by atoms with Gasteiger partial charge in [-0.3, -0.25) is 4.79 Å². The maximum absolute atomic E-state index is 11.8. The molecule has 0 aromatic heterocycles. The highest BCUT2D eigenvalue weighted by molar-refractivity contribution is 9.10. The minimum atomic E-state index is -0.173. The lowest BCUT2D eigenvalue weighted by atomic mass is 10.0. The average Bonchev–Trinajstić information content (AvgIpc) is 2.35. The molecule has 0 spiro atoms. The molecule has 2 N–H and O–H groups in total. The van der Waals surface area contributed by atoms with Crippen LogP contribution in [-0.2, 0) is 4.79 Å². The smallest absolute Gasteiger partial charge is 0.239 e. The number of halogens is 1. The van der Waals surface area contributed by atoms with Gasteiger partial charge in [0.1, 0.15) is 5.75 Å². The molecular weight excluding hydrogens is 308 g/mol. The molecule has 0 atom stereocenters. The number of nitrogens with one attached hydrogen (secondary N) is 2. The quantitative estimate of drug-likeness (QED) is 0.843. The van der Waals surface area contributed by atoms with Crippen LogP contribution in [0.4, 0.5) is 5.69 Å². The van der Waals surface area contributed by atoms with Gasteiger partial charge in [-0.15, -0.1) is 0 Å². The van der Waals surface area contributed by atoms with Crippen molar-refractivity contribution in [2.24, 2.45) is 0 Å². The van der Waals surface area contributed by atoms with Gasteiger partial charge in [0.2, 0.25) is 5.91 Å². The fourth-order valence-electron chi connectivity index (χ4n) is 1.47. The second-order valence-corrected chi connectivity index (χ2v) is 5.93. The average molecular weight is 329 g/mol. The van der Waals surface area contributed by atoms with Crippen LogP contribution in [0.15, 0.2) is 22.7 Å². The van der Waals surface area contributed by atoms with Crippen LogP contribution >= 0.6 is 15.9 Å². The summed E-state index contributed by atoms with van der Waals surface area (Å²) in [6.45, 7) is 6.30. The van der Waals surface area contributed by atoms with Gasteiger partial charge >= 0.3 is 0 Å². The van der Waals surface area contributed by atoms with Gasteiger partial charge in [-0.2, -0.15) is 0 Å². The van der Waals surface area contributed by atoms with Gasteiger partial charge in [0.05, 0.1) is 13.7 Å². The van der Waals surface area contributed by atoms with E-state index in [-0.39, 0.29) is 18.0 Å². The van der Waals surface area contributed by atoms with E-state index in [9.17, 15) is 4.79 Å². The first-order valence-electron chi connectivity index (χ1n) is 6.26. The van der Waals surface area contributed by atoms with Crippen molar-refractivity contribution >= 4 is 27.5 Å². The van der Waals surface area contributed by atoms with Crippen LogP contribution in [0.3, 0.4) is 0 Å². The number of hydrogen-bond acceptors (Lipinski definition) is 3. The number of methoxy groups -OCH3 is 1. The second-order valence-electron chi connectivity index (χ2n) is 5.02. The lowest BCUT2D eigenvalue weighted by molar-refractivity contribution is -0.121. The summed E-state index contributed by atoms with van der Waals surface area (Å²) in [6, 6.07) is 5.62. The summed E-state index contributed by atoms with van der Waals surface area (Å²) in [5.41, 5.74) is 0.670. The molecule has 19 heavy (non-hydrogen) atoms. The molecule has 0 bridgehead atoms. The first-order valence-corrected chi connectivity index (χ1v) is 7.05. The fourth-order valence-corrected chi connectivity index (χ4v) is 1.95. The third-order valence-electron chi connectivity index (χ3n) is 2.92. The first kappa shape index (κ1) is 15.8. The summed E-state index contributed by atoms with van der Waals surface area (Å²) >= 11 is 3.40. The molecule has 1 aromatic carbocycles. The highest BCUT2D eigenvalue weighted by atomic mass is 79.9. The van der Waals surface area contributed by atoms with E-state index in [0.29, 0.717) is 0 Å². The maximum Gasteiger partial charge on any atom is 0.239 e. The van der Waals surface area contributed by atoms with Crippen LogP contribution in [0.1, 0.15) is 27.2 Å². The number of amides is 1. The number of carbonyl (C=O) groups excluding carboxylic acids is 1. The summed E-state index contributed by atoms with van der Waals surface area (Å²) in [5.74, 6) is 0.719. The van der Waals surface area contributed by atoms with Crippen molar-refractivity contribution in [1.29, 1.82) is 0 Å². The molecule has 0 aliphatic rings. The zero-order valence-electron chi connectivity index (χ0n) is 11.8. The predicted molar refractivity (Wildman–Crippen MR) is 81.7 cm³/mol. The molecule has 0 saturated carbocycles. The Balaban J connectivity index is 2.57. The molecular formula is C14H21BrN2O2. The second kappa shape index (κ2) is 6.80. The number of benzene rings is 1.